The van der Waals surface area contributed by atoms with Gasteiger partial charge in [-0.25, -0.2) is 0 Å². The molecule has 1 aliphatic rings. The molecule has 9 nitrogen and oxygen atoms in total. The summed E-state index contributed by atoms with van der Waals surface area (Å²) in [6, 6.07) is 3.00. The number of pyridine rings is 1. The molecule has 1 atom stereocenters. The molecule has 2 aromatic heterocycles. The molecule has 1 unspecified atom stereocenters. The van der Waals surface area contributed by atoms with Crippen molar-refractivity contribution in [2.24, 2.45) is 0 Å². The number of amides is 1. The summed E-state index contributed by atoms with van der Waals surface area (Å²) in [5.74, 6) is 0.157. The number of nitrogens with one attached hydrogen (secondary N) is 1. The smallest absolute Gasteiger partial charge is 0.307 e. The number of carbonyl (C=O) groups is 2. The molecular formula is C15H17N5O4. The van der Waals surface area contributed by atoms with E-state index in [0.29, 0.717) is 24.8 Å². The van der Waals surface area contributed by atoms with Crippen molar-refractivity contribution in [3.8, 4) is 11.4 Å². The molecule has 3 heterocycles. The van der Waals surface area contributed by atoms with E-state index in [4.69, 9.17) is 4.52 Å². The van der Waals surface area contributed by atoms with Crippen LogP contribution in [0.2, 0.25) is 0 Å². The molecule has 0 aromatic carbocycles. The van der Waals surface area contributed by atoms with Crippen molar-refractivity contribution in [1.82, 2.24) is 25.3 Å². The number of aromatic nitrogens is 3. The van der Waals surface area contributed by atoms with Crippen molar-refractivity contribution < 1.29 is 18.8 Å². The van der Waals surface area contributed by atoms with Gasteiger partial charge in [-0.1, -0.05) is 5.16 Å². The fourth-order valence-electron chi connectivity index (χ4n) is 2.52. The largest absolute Gasteiger partial charge is 0.469 e. The SMILES string of the molecule is COC(=O)CC1C(=O)NCCN1Cc1nc(-c2cccnc2)no1. The molecule has 1 fully saturated rings. The van der Waals surface area contributed by atoms with Gasteiger partial charge in [-0.15, -0.1) is 0 Å². The number of ether oxygens (including phenoxy) is 1. The highest BCUT2D eigenvalue weighted by Crippen LogP contribution is 2.17. The third-order valence-corrected chi connectivity index (χ3v) is 3.76. The summed E-state index contributed by atoms with van der Waals surface area (Å²) in [7, 11) is 1.30. The number of piperazine rings is 1. The molecule has 0 bridgehead atoms. The Morgan fingerprint density at radius 1 is 1.54 bits per heavy atom. The van der Waals surface area contributed by atoms with Gasteiger partial charge in [-0.2, -0.15) is 4.98 Å². The Morgan fingerprint density at radius 2 is 2.42 bits per heavy atom. The van der Waals surface area contributed by atoms with Gasteiger partial charge in [0.15, 0.2) is 0 Å². The summed E-state index contributed by atoms with van der Waals surface area (Å²) in [6.45, 7) is 1.36. The number of carbonyl (C=O) groups excluding carboxylic acids is 2. The molecule has 0 radical (unpaired) electrons. The molecule has 9 heteroatoms. The maximum Gasteiger partial charge on any atom is 0.307 e. The molecule has 1 N–H and O–H groups in total. The Hall–Kier alpha value is -2.81. The van der Waals surface area contributed by atoms with Crippen molar-refractivity contribution in [3.05, 3.63) is 30.4 Å². The first-order valence-electron chi connectivity index (χ1n) is 7.49. The van der Waals surface area contributed by atoms with Crippen molar-refractivity contribution in [2.45, 2.75) is 19.0 Å². The van der Waals surface area contributed by atoms with E-state index in [9.17, 15) is 9.59 Å². The second kappa shape index (κ2) is 7.18. The van der Waals surface area contributed by atoms with Crippen LogP contribution in [0.5, 0.6) is 0 Å². The first kappa shape index (κ1) is 16.1. The Balaban J connectivity index is 1.72. The zero-order chi connectivity index (χ0) is 16.9. The van der Waals surface area contributed by atoms with E-state index in [0.717, 1.165) is 5.56 Å². The second-order valence-corrected chi connectivity index (χ2v) is 5.31. The summed E-state index contributed by atoms with van der Waals surface area (Å²) in [4.78, 5) is 33.7. The minimum atomic E-state index is -0.611. The van der Waals surface area contributed by atoms with Crippen LogP contribution in [0.15, 0.2) is 29.0 Å². The van der Waals surface area contributed by atoms with Crippen LogP contribution in [0, 0.1) is 0 Å². The van der Waals surface area contributed by atoms with Gasteiger partial charge in [0, 0.05) is 31.0 Å². The van der Waals surface area contributed by atoms with Crippen LogP contribution in [0.25, 0.3) is 11.4 Å². The van der Waals surface area contributed by atoms with E-state index >= 15 is 0 Å². The lowest BCUT2D eigenvalue weighted by Gasteiger charge is -2.33. The Labute approximate surface area is 138 Å². The predicted octanol–water partition coefficient (Wildman–Crippen LogP) is -0.00490. The summed E-state index contributed by atoms with van der Waals surface area (Å²) in [5, 5.41) is 6.67. The van der Waals surface area contributed by atoms with Crippen molar-refractivity contribution >= 4 is 11.9 Å². The van der Waals surface area contributed by atoms with Crippen molar-refractivity contribution in [3.63, 3.8) is 0 Å². The van der Waals surface area contributed by atoms with Crippen LogP contribution >= 0.6 is 0 Å². The number of rotatable bonds is 5. The molecule has 2 aromatic rings. The highest BCUT2D eigenvalue weighted by molar-refractivity contribution is 5.87. The zero-order valence-electron chi connectivity index (χ0n) is 13.1. The van der Waals surface area contributed by atoms with Crippen molar-refractivity contribution in [2.75, 3.05) is 20.2 Å². The summed E-state index contributed by atoms with van der Waals surface area (Å²) < 4.78 is 9.92. The predicted molar refractivity (Wildman–Crippen MR) is 81.4 cm³/mol. The van der Waals surface area contributed by atoms with Crippen LogP contribution in [0.1, 0.15) is 12.3 Å². The summed E-state index contributed by atoms with van der Waals surface area (Å²) in [6.07, 6.45) is 3.28. The second-order valence-electron chi connectivity index (χ2n) is 5.31. The summed E-state index contributed by atoms with van der Waals surface area (Å²) in [5.41, 5.74) is 0.745. The first-order chi connectivity index (χ1) is 11.7. The van der Waals surface area contributed by atoms with Crippen LogP contribution in [0.4, 0.5) is 0 Å². The fraction of sp³-hybridized carbons (Fsp3) is 0.400. The van der Waals surface area contributed by atoms with E-state index in [-0.39, 0.29) is 18.9 Å². The van der Waals surface area contributed by atoms with Gasteiger partial charge in [0.25, 0.3) is 0 Å². The number of hydrogen-bond donors (Lipinski definition) is 1. The molecule has 24 heavy (non-hydrogen) atoms. The van der Waals surface area contributed by atoms with E-state index in [1.54, 1.807) is 18.5 Å². The molecule has 1 amide bonds. The molecule has 0 aliphatic carbocycles. The third-order valence-electron chi connectivity index (χ3n) is 3.76. The lowest BCUT2D eigenvalue weighted by Crippen LogP contribution is -2.55. The molecule has 0 spiro atoms. The molecule has 1 saturated heterocycles. The van der Waals surface area contributed by atoms with Gasteiger partial charge in [0.1, 0.15) is 6.04 Å². The number of hydrogen-bond acceptors (Lipinski definition) is 8. The highest BCUT2D eigenvalue weighted by Gasteiger charge is 2.33. The molecular weight excluding hydrogens is 314 g/mol. The maximum atomic E-state index is 12.0. The summed E-state index contributed by atoms with van der Waals surface area (Å²) >= 11 is 0. The molecule has 126 valence electrons. The Bertz CT molecular complexity index is 718. The number of nitrogens with zero attached hydrogens (tertiary/aromatic N) is 4. The molecule has 0 saturated carbocycles. The van der Waals surface area contributed by atoms with Crippen molar-refractivity contribution in [1.29, 1.82) is 0 Å². The molecule has 1 aliphatic heterocycles. The van der Waals surface area contributed by atoms with E-state index < -0.39 is 12.0 Å². The van der Waals surface area contributed by atoms with Crippen LogP contribution in [-0.4, -0.2) is 58.1 Å². The van der Waals surface area contributed by atoms with Gasteiger partial charge >= 0.3 is 5.97 Å². The lowest BCUT2D eigenvalue weighted by atomic mass is 10.1. The number of methoxy groups -OCH3 is 1. The average Bonchev–Trinajstić information content (AvgIpc) is 3.07. The minimum Gasteiger partial charge on any atom is -0.469 e. The topological polar surface area (TPSA) is 110 Å². The standard InChI is InChI=1S/C15H17N5O4/c1-23-13(21)7-11-15(22)17-5-6-20(11)9-12-18-14(19-24-12)10-3-2-4-16-8-10/h2-4,8,11H,5-7,9H2,1H3,(H,17,22). The van der Waals surface area contributed by atoms with E-state index in [1.165, 1.54) is 7.11 Å². The van der Waals surface area contributed by atoms with Gasteiger partial charge in [-0.3, -0.25) is 19.5 Å². The normalized spacial score (nSPS) is 18.2. The van der Waals surface area contributed by atoms with Crippen LogP contribution < -0.4 is 5.32 Å². The Kier molecular flexibility index (Phi) is 4.80. The minimum absolute atomic E-state index is 0.0219. The maximum absolute atomic E-state index is 12.0. The number of esters is 1. The van der Waals surface area contributed by atoms with Gasteiger partial charge in [0.2, 0.25) is 17.6 Å². The van der Waals surface area contributed by atoms with Gasteiger partial charge in [-0.05, 0) is 12.1 Å². The first-order valence-corrected chi connectivity index (χ1v) is 7.49. The van der Waals surface area contributed by atoms with Gasteiger partial charge in [0.05, 0.1) is 20.1 Å². The quantitative estimate of drug-likeness (QED) is 0.762. The van der Waals surface area contributed by atoms with E-state index in [1.807, 2.05) is 11.0 Å². The van der Waals surface area contributed by atoms with Gasteiger partial charge < -0.3 is 14.6 Å². The zero-order valence-corrected chi connectivity index (χ0v) is 13.1. The fourth-order valence-corrected chi connectivity index (χ4v) is 2.52. The van der Waals surface area contributed by atoms with Crippen LogP contribution in [-0.2, 0) is 20.9 Å². The average molecular weight is 331 g/mol. The lowest BCUT2D eigenvalue weighted by molar-refractivity contribution is -0.146. The van der Waals surface area contributed by atoms with E-state index in [2.05, 4.69) is 25.2 Å². The van der Waals surface area contributed by atoms with Crippen LogP contribution in [0.3, 0.4) is 0 Å². The third kappa shape index (κ3) is 3.57. The molecule has 3 rings (SSSR count). The Morgan fingerprint density at radius 3 is 3.17 bits per heavy atom. The monoisotopic (exact) mass is 331 g/mol. The highest BCUT2D eigenvalue weighted by atomic mass is 16.5.